The van der Waals surface area contributed by atoms with E-state index in [-0.39, 0.29) is 10.7 Å². The molecule has 1 N–H and O–H groups in total. The van der Waals surface area contributed by atoms with E-state index in [0.717, 1.165) is 22.5 Å². The van der Waals surface area contributed by atoms with Gasteiger partial charge in [-0.15, -0.1) is 0 Å². The Bertz CT molecular complexity index is 1140. The number of nitro benzene ring substituents is 1. The average Bonchev–Trinajstić information content (AvgIpc) is 3.04. The van der Waals surface area contributed by atoms with Crippen molar-refractivity contribution in [3.8, 4) is 17.2 Å². The van der Waals surface area contributed by atoms with Crippen LogP contribution in [0.1, 0.15) is 22.5 Å². The minimum absolute atomic E-state index is 0.109. The summed E-state index contributed by atoms with van der Waals surface area (Å²) in [6.45, 7) is 4.38. The number of nitrogens with one attached hydrogen (secondary N) is 1. The molecule has 162 valence electrons. The van der Waals surface area contributed by atoms with E-state index in [2.05, 4.69) is 10.5 Å². The first kappa shape index (κ1) is 22.2. The molecule has 0 atom stereocenters. The van der Waals surface area contributed by atoms with E-state index in [9.17, 15) is 10.1 Å². The van der Waals surface area contributed by atoms with Crippen molar-refractivity contribution < 1.29 is 14.4 Å². The van der Waals surface area contributed by atoms with Crippen molar-refractivity contribution >= 4 is 23.5 Å². The Kier molecular flexibility index (Phi) is 6.81. The summed E-state index contributed by atoms with van der Waals surface area (Å²) < 4.78 is 12.5. The summed E-state index contributed by atoms with van der Waals surface area (Å²) in [4.78, 5) is 10.7. The lowest BCUT2D eigenvalue weighted by Gasteiger charge is -2.10. The smallest absolute Gasteiger partial charge is 0.289 e. The standard InChI is InChI=1S/C22H23ClN4O4/c1-14-9-17(13-25-24-12-16-5-8-21(30-3)22(10-16)31-4)15(2)26(14)18-6-7-19(23)20(11-18)27(28)29/h5-11,13,24H,12H2,1-4H3/b25-13+. The molecule has 0 saturated heterocycles. The molecule has 0 fully saturated rings. The fourth-order valence-corrected chi connectivity index (χ4v) is 3.52. The molecule has 3 aromatic rings. The summed E-state index contributed by atoms with van der Waals surface area (Å²) in [5.41, 5.74) is 7.29. The fraction of sp³-hybridized carbons (Fsp3) is 0.227. The Balaban J connectivity index is 1.76. The predicted octanol–water partition coefficient (Wildman–Crippen LogP) is 4.80. The molecule has 0 spiro atoms. The maximum absolute atomic E-state index is 11.2. The molecule has 0 aliphatic heterocycles. The lowest BCUT2D eigenvalue weighted by molar-refractivity contribution is -0.384. The third-order valence-electron chi connectivity index (χ3n) is 4.88. The lowest BCUT2D eigenvalue weighted by atomic mass is 10.2. The van der Waals surface area contributed by atoms with Gasteiger partial charge in [0.25, 0.3) is 5.69 Å². The van der Waals surface area contributed by atoms with Gasteiger partial charge in [0.2, 0.25) is 0 Å². The average molecular weight is 443 g/mol. The Morgan fingerprint density at radius 2 is 1.87 bits per heavy atom. The molecule has 2 aromatic carbocycles. The SMILES string of the molecule is COc1ccc(CN/N=C/c2cc(C)n(-c3ccc(Cl)c([N+](=O)[O-])c3)c2C)cc1OC. The third-order valence-corrected chi connectivity index (χ3v) is 5.20. The van der Waals surface area contributed by atoms with E-state index in [1.54, 1.807) is 26.5 Å². The van der Waals surface area contributed by atoms with Crippen molar-refractivity contribution in [1.82, 2.24) is 9.99 Å². The van der Waals surface area contributed by atoms with Gasteiger partial charge in [0, 0.05) is 23.0 Å². The zero-order valence-electron chi connectivity index (χ0n) is 17.7. The third kappa shape index (κ3) is 4.80. The van der Waals surface area contributed by atoms with Crippen LogP contribution in [0.2, 0.25) is 5.02 Å². The molecule has 0 amide bonds. The topological polar surface area (TPSA) is 90.9 Å². The molecule has 9 heteroatoms. The van der Waals surface area contributed by atoms with Crippen LogP contribution in [0.3, 0.4) is 0 Å². The molecule has 0 unspecified atom stereocenters. The summed E-state index contributed by atoms with van der Waals surface area (Å²) in [7, 11) is 3.19. The Hall–Kier alpha value is -3.52. The van der Waals surface area contributed by atoms with Crippen LogP contribution in [-0.4, -0.2) is 29.9 Å². The summed E-state index contributed by atoms with van der Waals surface area (Å²) in [5.74, 6) is 1.33. The van der Waals surface area contributed by atoms with E-state index >= 15 is 0 Å². The minimum atomic E-state index is -0.486. The van der Waals surface area contributed by atoms with Crippen molar-refractivity contribution in [3.63, 3.8) is 0 Å². The Morgan fingerprint density at radius 3 is 2.55 bits per heavy atom. The molecular weight excluding hydrogens is 420 g/mol. The number of ether oxygens (including phenoxy) is 2. The first-order valence-corrected chi connectivity index (χ1v) is 9.83. The number of rotatable bonds is 8. The Morgan fingerprint density at radius 1 is 1.13 bits per heavy atom. The summed E-state index contributed by atoms with van der Waals surface area (Å²) in [5, 5.41) is 15.6. The van der Waals surface area contributed by atoms with E-state index in [1.807, 2.05) is 42.7 Å². The van der Waals surface area contributed by atoms with Crippen LogP contribution >= 0.6 is 11.6 Å². The van der Waals surface area contributed by atoms with E-state index in [1.165, 1.54) is 12.1 Å². The van der Waals surface area contributed by atoms with Crippen LogP contribution < -0.4 is 14.9 Å². The second-order valence-electron chi connectivity index (χ2n) is 6.84. The zero-order chi connectivity index (χ0) is 22.5. The maximum Gasteiger partial charge on any atom is 0.289 e. The zero-order valence-corrected chi connectivity index (χ0v) is 18.4. The quantitative estimate of drug-likeness (QED) is 0.307. The predicted molar refractivity (Wildman–Crippen MR) is 121 cm³/mol. The highest BCUT2D eigenvalue weighted by atomic mass is 35.5. The molecule has 0 radical (unpaired) electrons. The number of benzene rings is 2. The van der Waals surface area contributed by atoms with Gasteiger partial charge >= 0.3 is 0 Å². The molecule has 0 aliphatic rings. The minimum Gasteiger partial charge on any atom is -0.493 e. The van der Waals surface area contributed by atoms with Crippen LogP contribution in [0, 0.1) is 24.0 Å². The van der Waals surface area contributed by atoms with Crippen LogP contribution in [0.5, 0.6) is 11.5 Å². The highest BCUT2D eigenvalue weighted by Crippen LogP contribution is 2.29. The van der Waals surface area contributed by atoms with Gasteiger partial charge in [-0.3, -0.25) is 10.1 Å². The fourth-order valence-electron chi connectivity index (χ4n) is 3.34. The largest absolute Gasteiger partial charge is 0.493 e. The summed E-state index contributed by atoms with van der Waals surface area (Å²) >= 11 is 5.94. The van der Waals surface area contributed by atoms with Crippen LogP contribution in [-0.2, 0) is 6.54 Å². The van der Waals surface area contributed by atoms with Gasteiger partial charge in [0.05, 0.1) is 37.6 Å². The van der Waals surface area contributed by atoms with Crippen molar-refractivity contribution in [2.24, 2.45) is 5.10 Å². The lowest BCUT2D eigenvalue weighted by Crippen LogP contribution is -2.06. The van der Waals surface area contributed by atoms with Gasteiger partial charge in [-0.05, 0) is 49.7 Å². The van der Waals surface area contributed by atoms with Crippen molar-refractivity contribution in [3.05, 3.63) is 80.1 Å². The second kappa shape index (κ2) is 9.53. The van der Waals surface area contributed by atoms with Crippen LogP contribution in [0.15, 0.2) is 47.6 Å². The van der Waals surface area contributed by atoms with Gasteiger partial charge in [0.15, 0.2) is 11.5 Å². The molecule has 8 nitrogen and oxygen atoms in total. The molecule has 31 heavy (non-hydrogen) atoms. The monoisotopic (exact) mass is 442 g/mol. The number of nitro groups is 1. The number of aryl methyl sites for hydroxylation is 1. The first-order chi connectivity index (χ1) is 14.8. The van der Waals surface area contributed by atoms with Crippen LogP contribution in [0.4, 0.5) is 5.69 Å². The number of aromatic nitrogens is 1. The van der Waals surface area contributed by atoms with Gasteiger partial charge < -0.3 is 19.5 Å². The number of nitrogens with zero attached hydrogens (tertiary/aromatic N) is 3. The van der Waals surface area contributed by atoms with Crippen molar-refractivity contribution in [2.75, 3.05) is 14.2 Å². The molecule has 0 saturated carbocycles. The summed E-state index contributed by atoms with van der Waals surface area (Å²) in [6, 6.07) is 12.4. The van der Waals surface area contributed by atoms with Gasteiger partial charge in [-0.2, -0.15) is 5.10 Å². The van der Waals surface area contributed by atoms with Crippen LogP contribution in [0.25, 0.3) is 5.69 Å². The van der Waals surface area contributed by atoms with Crippen molar-refractivity contribution in [1.29, 1.82) is 0 Å². The molecule has 1 aromatic heterocycles. The molecule has 0 aliphatic carbocycles. The van der Waals surface area contributed by atoms with E-state index in [4.69, 9.17) is 21.1 Å². The van der Waals surface area contributed by atoms with E-state index in [0.29, 0.717) is 23.7 Å². The Labute approximate surface area is 185 Å². The second-order valence-corrected chi connectivity index (χ2v) is 7.24. The number of hydrazone groups is 1. The molecule has 0 bridgehead atoms. The number of methoxy groups -OCH3 is 2. The van der Waals surface area contributed by atoms with E-state index < -0.39 is 4.92 Å². The molecular formula is C22H23ClN4O4. The van der Waals surface area contributed by atoms with Gasteiger partial charge in [0.1, 0.15) is 5.02 Å². The molecule has 1 heterocycles. The van der Waals surface area contributed by atoms with Crippen molar-refractivity contribution in [2.45, 2.75) is 20.4 Å². The highest BCUT2D eigenvalue weighted by molar-refractivity contribution is 6.32. The number of hydrogen-bond donors (Lipinski definition) is 1. The molecule has 3 rings (SSSR count). The number of halogens is 1. The number of hydrogen-bond acceptors (Lipinski definition) is 6. The summed E-state index contributed by atoms with van der Waals surface area (Å²) in [6.07, 6.45) is 1.73. The first-order valence-electron chi connectivity index (χ1n) is 9.45. The van der Waals surface area contributed by atoms with Gasteiger partial charge in [-0.25, -0.2) is 0 Å². The highest BCUT2D eigenvalue weighted by Gasteiger charge is 2.16. The maximum atomic E-state index is 11.2. The van der Waals surface area contributed by atoms with Gasteiger partial charge in [-0.1, -0.05) is 17.7 Å². The normalized spacial score (nSPS) is 11.0.